The van der Waals surface area contributed by atoms with Crippen LogP contribution in [0.5, 0.6) is 0 Å². The number of rotatable bonds is 4. The number of aliphatic hydroxyl groups is 1. The first kappa shape index (κ1) is 17.2. The zero-order chi connectivity index (χ0) is 15.2. The van der Waals surface area contributed by atoms with Crippen LogP contribution in [0.1, 0.15) is 0 Å². The number of alkyl halides is 11. The van der Waals surface area contributed by atoms with E-state index in [1.54, 1.807) is 0 Å². The lowest BCUT2D eigenvalue weighted by Crippen LogP contribution is -2.68. The van der Waals surface area contributed by atoms with Crippen molar-refractivity contribution < 1.29 is 53.4 Å². The summed E-state index contributed by atoms with van der Waals surface area (Å²) < 4.78 is 131. The minimum atomic E-state index is -7.21. The second kappa shape index (κ2) is 4.08. The number of hydrogen-bond donors (Lipinski definition) is 2. The van der Waals surface area contributed by atoms with E-state index in [9.17, 15) is 48.3 Å². The predicted molar refractivity (Wildman–Crippen MR) is 31.2 cm³/mol. The molecule has 0 aromatic rings. The summed E-state index contributed by atoms with van der Waals surface area (Å²) in [7, 11) is 0. The second-order valence-corrected chi connectivity index (χ2v) is 2.89. The fourth-order valence-corrected chi connectivity index (χ4v) is 0.643. The lowest BCUT2D eigenvalue weighted by Gasteiger charge is -2.34. The fourth-order valence-electron chi connectivity index (χ4n) is 0.643. The first-order valence-corrected chi connectivity index (χ1v) is 3.55. The third-order valence-electron chi connectivity index (χ3n) is 1.47. The monoisotopic (exact) mass is 301 g/mol. The molecule has 0 amide bonds. The van der Waals surface area contributed by atoms with E-state index in [1.165, 1.54) is 0 Å². The molecule has 13 heteroatoms. The van der Waals surface area contributed by atoms with Crippen LogP contribution in [0.4, 0.5) is 48.3 Å². The van der Waals surface area contributed by atoms with Gasteiger partial charge in [-0.2, -0.15) is 53.6 Å². The normalized spacial score (nSPS) is 16.0. The Labute approximate surface area is 90.4 Å². The van der Waals surface area contributed by atoms with Crippen molar-refractivity contribution in [2.24, 2.45) is 0 Å². The SMILES string of the molecule is OC(F)(F)C(F)(F)C(F)(F)C(F)(F)NC(F)(F)F. The zero-order valence-corrected chi connectivity index (χ0v) is 7.60. The maximum Gasteiger partial charge on any atom is 0.462 e. The Bertz CT molecular complexity index is 302. The molecule has 0 aromatic heterocycles. The van der Waals surface area contributed by atoms with Gasteiger partial charge in [0.1, 0.15) is 0 Å². The molecule has 0 bridgehead atoms. The van der Waals surface area contributed by atoms with E-state index < -0.39 is 35.6 Å². The van der Waals surface area contributed by atoms with Crippen LogP contribution < -0.4 is 5.32 Å². The molecule has 0 aliphatic carbocycles. The molecule has 18 heavy (non-hydrogen) atoms. The largest absolute Gasteiger partial charge is 0.462 e. The van der Waals surface area contributed by atoms with Crippen molar-refractivity contribution in [3.8, 4) is 0 Å². The van der Waals surface area contributed by atoms with Crippen LogP contribution >= 0.6 is 0 Å². The highest BCUT2D eigenvalue weighted by Gasteiger charge is 2.82. The summed E-state index contributed by atoms with van der Waals surface area (Å²) in [5.41, 5.74) is 0. The molecule has 2 nitrogen and oxygen atoms in total. The van der Waals surface area contributed by atoms with Gasteiger partial charge in [0.2, 0.25) is 0 Å². The summed E-state index contributed by atoms with van der Waals surface area (Å²) in [6.45, 7) is 0. The smallest absolute Gasteiger partial charge is 0.331 e. The lowest BCUT2D eigenvalue weighted by molar-refractivity contribution is -0.428. The standard InChI is InChI=1S/C5H2F11NO/c6-1(7,2(8,9)4(12,13)18)3(10,11)17-5(14,15)16/h17-18H. The van der Waals surface area contributed by atoms with Crippen LogP contribution in [0.3, 0.4) is 0 Å². The van der Waals surface area contributed by atoms with Gasteiger partial charge in [-0.3, -0.25) is 0 Å². The molecule has 0 unspecified atom stereocenters. The molecule has 0 spiro atoms. The van der Waals surface area contributed by atoms with Crippen molar-refractivity contribution >= 4 is 0 Å². The van der Waals surface area contributed by atoms with Crippen LogP contribution in [-0.2, 0) is 0 Å². The van der Waals surface area contributed by atoms with Crippen LogP contribution in [0.15, 0.2) is 0 Å². The van der Waals surface area contributed by atoms with Gasteiger partial charge in [-0.25, -0.2) is 0 Å². The highest BCUT2D eigenvalue weighted by molar-refractivity contribution is 4.99. The molecule has 0 aromatic carbocycles. The number of hydrogen-bond acceptors (Lipinski definition) is 2. The van der Waals surface area contributed by atoms with Gasteiger partial charge in [-0.1, -0.05) is 0 Å². The summed E-state index contributed by atoms with van der Waals surface area (Å²) in [5, 5.41) is 6.14. The maximum absolute atomic E-state index is 12.3. The molecular formula is C5H2F11NO. The highest BCUT2D eigenvalue weighted by atomic mass is 19.4. The third kappa shape index (κ3) is 2.93. The third-order valence-corrected chi connectivity index (χ3v) is 1.47. The van der Waals surface area contributed by atoms with E-state index in [2.05, 4.69) is 0 Å². The van der Waals surface area contributed by atoms with Crippen molar-refractivity contribution in [1.29, 1.82) is 0 Å². The molecule has 0 rings (SSSR count). The lowest BCUT2D eigenvalue weighted by atomic mass is 10.1. The maximum atomic E-state index is 12.3. The van der Waals surface area contributed by atoms with Crippen molar-refractivity contribution in [3.05, 3.63) is 0 Å². The Morgan fingerprint density at radius 1 is 0.611 bits per heavy atom. The molecule has 0 saturated heterocycles. The van der Waals surface area contributed by atoms with Crippen molar-refractivity contribution in [1.82, 2.24) is 5.32 Å². The minimum Gasteiger partial charge on any atom is -0.331 e. The average Bonchev–Trinajstić information content (AvgIpc) is 1.95. The van der Waals surface area contributed by atoms with Gasteiger partial charge < -0.3 is 5.11 Å². The van der Waals surface area contributed by atoms with E-state index in [4.69, 9.17) is 5.11 Å². The van der Waals surface area contributed by atoms with Gasteiger partial charge in [-0.15, -0.1) is 0 Å². The van der Waals surface area contributed by atoms with Gasteiger partial charge in [0.25, 0.3) is 0 Å². The molecule has 2 N–H and O–H groups in total. The van der Waals surface area contributed by atoms with Gasteiger partial charge in [-0.05, 0) is 0 Å². The van der Waals surface area contributed by atoms with Crippen LogP contribution in [0, 0.1) is 0 Å². The number of halogens is 11. The molecule has 0 saturated carbocycles. The summed E-state index contributed by atoms with van der Waals surface area (Å²) in [6.07, 6.45) is -12.9. The summed E-state index contributed by atoms with van der Waals surface area (Å²) in [5.74, 6) is -14.4. The van der Waals surface area contributed by atoms with Gasteiger partial charge in [0.05, 0.1) is 0 Å². The van der Waals surface area contributed by atoms with Gasteiger partial charge >= 0.3 is 30.3 Å². The van der Waals surface area contributed by atoms with E-state index in [0.717, 1.165) is 0 Å². The van der Waals surface area contributed by atoms with Crippen LogP contribution in [-0.4, -0.2) is 35.4 Å². The summed E-state index contributed by atoms with van der Waals surface area (Å²) >= 11 is 0. The summed E-state index contributed by atoms with van der Waals surface area (Å²) in [4.78, 5) is 0. The second-order valence-electron chi connectivity index (χ2n) is 2.89. The van der Waals surface area contributed by atoms with E-state index in [-0.39, 0.29) is 0 Å². The Hall–Kier alpha value is -0.850. The number of nitrogens with one attached hydrogen (secondary N) is 1. The first-order chi connectivity index (χ1) is 7.46. The summed E-state index contributed by atoms with van der Waals surface area (Å²) in [6, 6.07) is -6.78. The fraction of sp³-hybridized carbons (Fsp3) is 1.00. The quantitative estimate of drug-likeness (QED) is 0.618. The average molecular weight is 301 g/mol. The van der Waals surface area contributed by atoms with Gasteiger partial charge in [0.15, 0.2) is 0 Å². The Morgan fingerprint density at radius 3 is 1.17 bits per heavy atom. The highest BCUT2D eigenvalue weighted by Crippen LogP contribution is 2.51. The van der Waals surface area contributed by atoms with Gasteiger partial charge in [0, 0.05) is 0 Å². The predicted octanol–water partition coefficient (Wildman–Crippen LogP) is 2.54. The van der Waals surface area contributed by atoms with E-state index in [0.29, 0.717) is 0 Å². The molecule has 0 atom stereocenters. The Kier molecular flexibility index (Phi) is 3.89. The van der Waals surface area contributed by atoms with Crippen LogP contribution in [0.2, 0.25) is 0 Å². The first-order valence-electron chi connectivity index (χ1n) is 3.55. The van der Waals surface area contributed by atoms with E-state index >= 15 is 0 Å². The van der Waals surface area contributed by atoms with Crippen LogP contribution in [0.25, 0.3) is 0 Å². The molecule has 0 fully saturated rings. The van der Waals surface area contributed by atoms with Crippen molar-refractivity contribution in [2.45, 2.75) is 30.3 Å². The minimum absolute atomic E-state index is 1.19. The molecule has 0 aliphatic heterocycles. The zero-order valence-electron chi connectivity index (χ0n) is 7.60. The molecular weight excluding hydrogens is 299 g/mol. The van der Waals surface area contributed by atoms with Crippen molar-refractivity contribution in [2.75, 3.05) is 0 Å². The van der Waals surface area contributed by atoms with Crippen molar-refractivity contribution in [3.63, 3.8) is 0 Å². The molecule has 110 valence electrons. The van der Waals surface area contributed by atoms with E-state index in [1.807, 2.05) is 0 Å². The topological polar surface area (TPSA) is 32.3 Å². The molecule has 0 heterocycles. The Balaban J connectivity index is 5.50. The molecule has 0 radical (unpaired) electrons. The molecule has 0 aliphatic rings. The Morgan fingerprint density at radius 2 is 0.944 bits per heavy atom.